The van der Waals surface area contributed by atoms with Gasteiger partial charge in [-0.15, -0.1) is 11.3 Å². The first-order valence-corrected chi connectivity index (χ1v) is 9.21. The lowest BCUT2D eigenvalue weighted by Gasteiger charge is -2.09. The molecule has 2 heterocycles. The first-order valence-electron chi connectivity index (χ1n) is 8.33. The maximum absolute atomic E-state index is 11.9. The molecule has 3 aromatic rings. The third-order valence-electron chi connectivity index (χ3n) is 3.55. The van der Waals surface area contributed by atoms with Crippen molar-refractivity contribution in [1.29, 1.82) is 0 Å². The standard InChI is InChI=1S/C20H19NO5S/c1-3-24-16-8-6-14(11-17(16)23-2)7-9-19(22)25-12-15-13-26-20(21-15)18-5-4-10-27-18/h4-11,13H,3,12H2,1-2H3/b9-7+. The van der Waals surface area contributed by atoms with Crippen LogP contribution in [0.25, 0.3) is 16.8 Å². The second-order valence-electron chi connectivity index (χ2n) is 5.41. The lowest BCUT2D eigenvalue weighted by Crippen LogP contribution is -2.01. The van der Waals surface area contributed by atoms with Crippen molar-refractivity contribution < 1.29 is 23.4 Å². The van der Waals surface area contributed by atoms with E-state index < -0.39 is 5.97 Å². The molecular weight excluding hydrogens is 366 g/mol. The second kappa shape index (κ2) is 9.05. The van der Waals surface area contributed by atoms with E-state index in [-0.39, 0.29) is 6.61 Å². The highest BCUT2D eigenvalue weighted by atomic mass is 32.1. The Hall–Kier alpha value is -3.06. The molecule has 0 fully saturated rings. The Labute approximate surface area is 161 Å². The van der Waals surface area contributed by atoms with Crippen molar-refractivity contribution in [3.63, 3.8) is 0 Å². The van der Waals surface area contributed by atoms with Crippen molar-refractivity contribution in [2.24, 2.45) is 0 Å². The summed E-state index contributed by atoms with van der Waals surface area (Å²) in [6.07, 6.45) is 4.50. The fraction of sp³-hybridized carbons (Fsp3) is 0.200. The molecule has 0 atom stereocenters. The van der Waals surface area contributed by atoms with E-state index in [1.165, 1.54) is 23.7 Å². The Morgan fingerprint density at radius 1 is 1.30 bits per heavy atom. The minimum absolute atomic E-state index is 0.0463. The molecule has 0 saturated heterocycles. The van der Waals surface area contributed by atoms with Gasteiger partial charge >= 0.3 is 5.97 Å². The summed E-state index contributed by atoms with van der Waals surface area (Å²) in [4.78, 5) is 17.2. The molecule has 0 unspecified atom stereocenters. The minimum atomic E-state index is -0.469. The van der Waals surface area contributed by atoms with Gasteiger partial charge in [0.2, 0.25) is 5.89 Å². The molecule has 1 aromatic carbocycles. The van der Waals surface area contributed by atoms with E-state index in [4.69, 9.17) is 18.6 Å². The number of aromatic nitrogens is 1. The third-order valence-corrected chi connectivity index (χ3v) is 4.40. The molecule has 7 heteroatoms. The summed E-state index contributed by atoms with van der Waals surface area (Å²) in [5, 5.41) is 1.94. The fourth-order valence-electron chi connectivity index (χ4n) is 2.31. The molecule has 0 saturated carbocycles. The average molecular weight is 385 g/mol. The average Bonchev–Trinajstić information content (AvgIpc) is 3.37. The van der Waals surface area contributed by atoms with Crippen LogP contribution in [-0.4, -0.2) is 24.7 Å². The number of hydrogen-bond donors (Lipinski definition) is 0. The van der Waals surface area contributed by atoms with Crippen LogP contribution in [0.2, 0.25) is 0 Å². The number of carbonyl (C=O) groups excluding carboxylic acids is 1. The Morgan fingerprint density at radius 2 is 2.19 bits per heavy atom. The van der Waals surface area contributed by atoms with E-state index in [1.807, 2.05) is 30.5 Å². The van der Waals surface area contributed by atoms with Crippen molar-refractivity contribution in [3.05, 3.63) is 59.3 Å². The molecule has 0 radical (unpaired) electrons. The van der Waals surface area contributed by atoms with E-state index >= 15 is 0 Å². The van der Waals surface area contributed by atoms with Crippen LogP contribution in [0.4, 0.5) is 0 Å². The van der Waals surface area contributed by atoms with Crippen LogP contribution in [0.3, 0.4) is 0 Å². The summed E-state index contributed by atoms with van der Waals surface area (Å²) in [6, 6.07) is 9.27. The van der Waals surface area contributed by atoms with Crippen LogP contribution < -0.4 is 9.47 Å². The monoisotopic (exact) mass is 385 g/mol. The van der Waals surface area contributed by atoms with Crippen LogP contribution in [-0.2, 0) is 16.1 Å². The van der Waals surface area contributed by atoms with Crippen molar-refractivity contribution in [2.45, 2.75) is 13.5 Å². The molecule has 3 rings (SSSR count). The van der Waals surface area contributed by atoms with Crippen LogP contribution in [0.1, 0.15) is 18.2 Å². The summed E-state index contributed by atoms with van der Waals surface area (Å²) in [5.41, 5.74) is 1.36. The van der Waals surface area contributed by atoms with Crippen molar-refractivity contribution >= 4 is 23.4 Å². The Balaban J connectivity index is 1.56. The lowest BCUT2D eigenvalue weighted by atomic mass is 10.2. The molecule has 0 spiro atoms. The molecule has 0 N–H and O–H groups in total. The largest absolute Gasteiger partial charge is 0.493 e. The van der Waals surface area contributed by atoms with Crippen molar-refractivity contribution in [2.75, 3.05) is 13.7 Å². The number of rotatable bonds is 8. The number of thiophene rings is 1. The zero-order valence-electron chi connectivity index (χ0n) is 15.0. The molecule has 6 nitrogen and oxygen atoms in total. The van der Waals surface area contributed by atoms with E-state index in [2.05, 4.69) is 4.98 Å². The van der Waals surface area contributed by atoms with E-state index in [1.54, 1.807) is 25.3 Å². The minimum Gasteiger partial charge on any atom is -0.493 e. The topological polar surface area (TPSA) is 70.8 Å². The van der Waals surface area contributed by atoms with Gasteiger partial charge in [-0.1, -0.05) is 12.1 Å². The lowest BCUT2D eigenvalue weighted by molar-refractivity contribution is -0.139. The maximum atomic E-state index is 11.9. The van der Waals surface area contributed by atoms with Gasteiger partial charge in [0, 0.05) is 6.08 Å². The smallest absolute Gasteiger partial charge is 0.331 e. The molecule has 0 aliphatic carbocycles. The first kappa shape index (κ1) is 18.7. The van der Waals surface area contributed by atoms with Crippen molar-refractivity contribution in [3.8, 4) is 22.3 Å². The number of ether oxygens (including phenoxy) is 3. The maximum Gasteiger partial charge on any atom is 0.331 e. The summed E-state index contributed by atoms with van der Waals surface area (Å²) >= 11 is 1.53. The molecular formula is C20H19NO5S. The van der Waals surface area contributed by atoms with Gasteiger partial charge < -0.3 is 18.6 Å². The predicted octanol–water partition coefficient (Wildman–Crippen LogP) is 4.57. The molecule has 0 bridgehead atoms. The van der Waals surface area contributed by atoms with E-state index in [9.17, 15) is 4.79 Å². The number of esters is 1. The van der Waals surface area contributed by atoms with Crippen LogP contribution in [0.15, 0.2) is 52.5 Å². The highest BCUT2D eigenvalue weighted by Crippen LogP contribution is 2.28. The summed E-state index contributed by atoms with van der Waals surface area (Å²) in [6.45, 7) is 2.50. The highest BCUT2D eigenvalue weighted by Gasteiger charge is 2.09. The Morgan fingerprint density at radius 3 is 2.93 bits per heavy atom. The summed E-state index contributed by atoms with van der Waals surface area (Å²) < 4.78 is 21.3. The van der Waals surface area contributed by atoms with Gasteiger partial charge in [0.25, 0.3) is 0 Å². The Bertz CT molecular complexity index is 914. The third kappa shape index (κ3) is 4.98. The quantitative estimate of drug-likeness (QED) is 0.418. The van der Waals surface area contributed by atoms with Crippen LogP contribution in [0, 0.1) is 0 Å². The fourth-order valence-corrected chi connectivity index (χ4v) is 2.96. The highest BCUT2D eigenvalue weighted by molar-refractivity contribution is 7.13. The second-order valence-corrected chi connectivity index (χ2v) is 6.35. The van der Waals surface area contributed by atoms with Gasteiger partial charge in [0.15, 0.2) is 11.5 Å². The van der Waals surface area contributed by atoms with Gasteiger partial charge in [-0.05, 0) is 42.1 Å². The Kier molecular flexibility index (Phi) is 6.27. The summed E-state index contributed by atoms with van der Waals surface area (Å²) in [5.74, 6) is 1.32. The summed E-state index contributed by atoms with van der Waals surface area (Å²) in [7, 11) is 1.57. The molecule has 27 heavy (non-hydrogen) atoms. The molecule has 140 valence electrons. The normalized spacial score (nSPS) is 10.9. The zero-order chi connectivity index (χ0) is 19.1. The molecule has 2 aromatic heterocycles. The van der Waals surface area contributed by atoms with Crippen LogP contribution in [0.5, 0.6) is 11.5 Å². The van der Waals surface area contributed by atoms with E-state index in [0.29, 0.717) is 29.7 Å². The van der Waals surface area contributed by atoms with Crippen molar-refractivity contribution in [1.82, 2.24) is 4.98 Å². The predicted molar refractivity (Wildman–Crippen MR) is 103 cm³/mol. The SMILES string of the molecule is CCOc1ccc(/C=C/C(=O)OCc2coc(-c3cccs3)n2)cc1OC. The molecule has 0 aliphatic rings. The number of hydrogen-bond acceptors (Lipinski definition) is 7. The number of carbonyl (C=O) groups is 1. The van der Waals surface area contributed by atoms with Gasteiger partial charge in [0.1, 0.15) is 18.6 Å². The van der Waals surface area contributed by atoms with E-state index in [0.717, 1.165) is 10.4 Å². The number of oxazole rings is 1. The first-order chi connectivity index (χ1) is 13.2. The van der Waals surface area contributed by atoms with Gasteiger partial charge in [0.05, 0.1) is 18.6 Å². The van der Waals surface area contributed by atoms with Crippen LogP contribution >= 0.6 is 11.3 Å². The van der Waals surface area contributed by atoms with Gasteiger partial charge in [-0.25, -0.2) is 9.78 Å². The van der Waals surface area contributed by atoms with Gasteiger partial charge in [-0.2, -0.15) is 0 Å². The molecule has 0 aliphatic heterocycles. The van der Waals surface area contributed by atoms with Gasteiger partial charge in [-0.3, -0.25) is 0 Å². The number of nitrogens with zero attached hydrogens (tertiary/aromatic N) is 1. The number of methoxy groups -OCH3 is 1. The molecule has 0 amide bonds. The zero-order valence-corrected chi connectivity index (χ0v) is 15.8. The number of benzene rings is 1.